The maximum absolute atomic E-state index is 13.0. The van der Waals surface area contributed by atoms with E-state index >= 15 is 0 Å². The zero-order chi connectivity index (χ0) is 27.2. The summed E-state index contributed by atoms with van der Waals surface area (Å²) in [7, 11) is -3.61. The summed E-state index contributed by atoms with van der Waals surface area (Å²) in [6.07, 6.45) is 2.18. The molecule has 196 valence electrons. The molecule has 1 aromatic heterocycles. The molecule has 3 aromatic rings. The highest BCUT2D eigenvalue weighted by Crippen LogP contribution is 2.30. The van der Waals surface area contributed by atoms with Crippen molar-refractivity contribution in [3.05, 3.63) is 65.5 Å². The van der Waals surface area contributed by atoms with Crippen LogP contribution in [0.1, 0.15) is 55.9 Å². The number of rotatable bonds is 10. The van der Waals surface area contributed by atoms with Gasteiger partial charge in [0, 0.05) is 17.7 Å². The molecule has 0 spiro atoms. The normalized spacial score (nSPS) is 13.7. The Kier molecular flexibility index (Phi) is 8.73. The Labute approximate surface area is 218 Å². The van der Waals surface area contributed by atoms with Crippen molar-refractivity contribution in [2.24, 2.45) is 5.73 Å². The van der Waals surface area contributed by atoms with Gasteiger partial charge >= 0.3 is 0 Å². The van der Waals surface area contributed by atoms with Crippen LogP contribution in [0.15, 0.2) is 52.9 Å². The quantitative estimate of drug-likeness (QED) is 0.389. The molecule has 1 heterocycles. The second kappa shape index (κ2) is 11.6. The Hall–Kier alpha value is -3.68. The van der Waals surface area contributed by atoms with Crippen LogP contribution in [0.4, 0.5) is 5.69 Å². The number of nitrogens with two attached hydrogens (primary N) is 1. The Bertz CT molecular complexity index is 1410. The molecule has 0 saturated carbocycles. The van der Waals surface area contributed by atoms with Gasteiger partial charge in [0.15, 0.2) is 0 Å². The molecule has 37 heavy (non-hydrogen) atoms. The Balaban J connectivity index is 2.05. The van der Waals surface area contributed by atoms with Crippen LogP contribution in [-0.2, 0) is 22.0 Å². The number of carbonyl (C=O) groups excluding carboxylic acids is 1. The molecular weight excluding hydrogens is 490 g/mol. The third kappa shape index (κ3) is 7.18. The second-order valence-electron chi connectivity index (χ2n) is 9.19. The number of hydrogen-bond acceptors (Lipinski definition) is 7. The predicted octanol–water partition coefficient (Wildman–Crippen LogP) is 3.47. The van der Waals surface area contributed by atoms with Gasteiger partial charge in [-0.2, -0.15) is 0 Å². The standard InChI is InChI=1S/C27H33N5O4S/c1-6-11-19(3)29-24(33)21-15-22(17-23(16-21)32(14-7-2)37(5,34)35)25-30-31-26(36-25)27(4,28)18-20-12-9-8-10-13-20/h8-10,12-13,15-17,19H,7,14,18,28H2,1-5H3,(H,29,33)/t19-,27-/m1/s1. The van der Waals surface area contributed by atoms with E-state index in [2.05, 4.69) is 27.4 Å². The molecule has 0 aliphatic rings. The van der Waals surface area contributed by atoms with Crippen LogP contribution in [-0.4, -0.2) is 43.4 Å². The van der Waals surface area contributed by atoms with Crippen LogP contribution in [0.2, 0.25) is 0 Å². The Morgan fingerprint density at radius 3 is 2.54 bits per heavy atom. The van der Waals surface area contributed by atoms with Crippen LogP contribution >= 0.6 is 0 Å². The number of nitrogens with one attached hydrogen (secondary N) is 1. The smallest absolute Gasteiger partial charge is 0.252 e. The number of anilines is 1. The first-order chi connectivity index (χ1) is 17.4. The summed E-state index contributed by atoms with van der Waals surface area (Å²) in [6.45, 7) is 7.37. The fraction of sp³-hybridized carbons (Fsp3) is 0.370. The molecule has 0 unspecified atom stereocenters. The topological polar surface area (TPSA) is 131 Å². The molecule has 10 heteroatoms. The monoisotopic (exact) mass is 523 g/mol. The lowest BCUT2D eigenvalue weighted by molar-refractivity contribution is 0.0948. The lowest BCUT2D eigenvalue weighted by Gasteiger charge is -2.23. The summed E-state index contributed by atoms with van der Waals surface area (Å²) < 4.78 is 32.3. The van der Waals surface area contributed by atoms with E-state index in [1.807, 2.05) is 37.3 Å². The third-order valence-electron chi connectivity index (χ3n) is 5.58. The van der Waals surface area contributed by atoms with Gasteiger partial charge in [-0.1, -0.05) is 43.2 Å². The van der Waals surface area contributed by atoms with Crippen LogP contribution in [0.25, 0.3) is 11.5 Å². The zero-order valence-electron chi connectivity index (χ0n) is 21.8. The fourth-order valence-corrected chi connectivity index (χ4v) is 4.90. The molecule has 0 aliphatic carbocycles. The van der Waals surface area contributed by atoms with Gasteiger partial charge in [-0.05, 0) is 57.4 Å². The zero-order valence-corrected chi connectivity index (χ0v) is 22.6. The summed E-state index contributed by atoms with van der Waals surface area (Å²) in [5.74, 6) is 5.58. The molecule has 0 radical (unpaired) electrons. The minimum Gasteiger partial charge on any atom is -0.419 e. The van der Waals surface area contributed by atoms with Gasteiger partial charge in [-0.3, -0.25) is 9.10 Å². The summed E-state index contributed by atoms with van der Waals surface area (Å²) in [5, 5.41) is 11.2. The Morgan fingerprint density at radius 1 is 1.22 bits per heavy atom. The van der Waals surface area contributed by atoms with Gasteiger partial charge in [0.05, 0.1) is 23.5 Å². The van der Waals surface area contributed by atoms with Crippen molar-refractivity contribution in [1.82, 2.24) is 15.5 Å². The summed E-state index contributed by atoms with van der Waals surface area (Å²) >= 11 is 0. The SMILES string of the molecule is CC#C[C@@H](C)NC(=O)c1cc(-c2nnc([C@](C)(N)Cc3ccccc3)o2)cc(N(CCC)S(C)(=O)=O)c1. The highest BCUT2D eigenvalue weighted by atomic mass is 32.2. The average Bonchev–Trinajstić information content (AvgIpc) is 3.33. The predicted molar refractivity (Wildman–Crippen MR) is 144 cm³/mol. The van der Waals surface area contributed by atoms with Crippen molar-refractivity contribution in [2.45, 2.75) is 52.1 Å². The molecular formula is C27H33N5O4S. The first-order valence-electron chi connectivity index (χ1n) is 12.0. The van der Waals surface area contributed by atoms with Crippen molar-refractivity contribution < 1.29 is 17.6 Å². The number of carbonyl (C=O) groups is 1. The fourth-order valence-electron chi connectivity index (χ4n) is 3.90. The summed E-state index contributed by atoms with van der Waals surface area (Å²) in [4.78, 5) is 13.0. The lowest BCUT2D eigenvalue weighted by Crippen LogP contribution is -2.35. The molecule has 2 aromatic carbocycles. The van der Waals surface area contributed by atoms with Crippen LogP contribution in [0.5, 0.6) is 0 Å². The van der Waals surface area contributed by atoms with Gasteiger partial charge in [0.25, 0.3) is 5.91 Å². The summed E-state index contributed by atoms with van der Waals surface area (Å²) in [5.41, 5.74) is 7.56. The van der Waals surface area contributed by atoms with Crippen molar-refractivity contribution in [3.63, 3.8) is 0 Å². The molecule has 0 aliphatic heterocycles. The van der Waals surface area contributed by atoms with Crippen molar-refractivity contribution >= 4 is 21.6 Å². The number of benzene rings is 2. The van der Waals surface area contributed by atoms with E-state index in [1.165, 1.54) is 10.4 Å². The molecule has 0 saturated heterocycles. The molecule has 9 nitrogen and oxygen atoms in total. The van der Waals surface area contributed by atoms with Gasteiger partial charge in [-0.15, -0.1) is 16.1 Å². The first-order valence-corrected chi connectivity index (χ1v) is 13.8. The number of aromatic nitrogens is 2. The highest BCUT2D eigenvalue weighted by molar-refractivity contribution is 7.92. The molecule has 3 N–H and O–H groups in total. The molecule has 0 fully saturated rings. The van der Waals surface area contributed by atoms with E-state index in [-0.39, 0.29) is 23.9 Å². The molecule has 2 atom stereocenters. The number of nitrogens with zero attached hydrogens (tertiary/aromatic N) is 3. The number of hydrogen-bond donors (Lipinski definition) is 2. The van der Waals surface area contributed by atoms with Crippen molar-refractivity contribution in [1.29, 1.82) is 0 Å². The largest absolute Gasteiger partial charge is 0.419 e. The van der Waals surface area contributed by atoms with Crippen LogP contribution < -0.4 is 15.4 Å². The average molecular weight is 524 g/mol. The van der Waals surface area contributed by atoms with E-state index in [0.717, 1.165) is 11.8 Å². The van der Waals surface area contributed by atoms with Gasteiger partial charge in [-0.25, -0.2) is 8.42 Å². The second-order valence-corrected chi connectivity index (χ2v) is 11.1. The highest BCUT2D eigenvalue weighted by Gasteiger charge is 2.29. The maximum atomic E-state index is 13.0. The van der Waals surface area contributed by atoms with Crippen molar-refractivity contribution in [3.8, 4) is 23.3 Å². The van der Waals surface area contributed by atoms with E-state index in [1.54, 1.807) is 32.9 Å². The minimum absolute atomic E-state index is 0.127. The third-order valence-corrected chi connectivity index (χ3v) is 6.77. The lowest BCUT2D eigenvalue weighted by atomic mass is 9.94. The number of amides is 1. The van der Waals surface area contributed by atoms with Gasteiger partial charge in [0.2, 0.25) is 21.8 Å². The number of sulfonamides is 1. The minimum atomic E-state index is -3.61. The van der Waals surface area contributed by atoms with Crippen LogP contribution in [0, 0.1) is 11.8 Å². The Morgan fingerprint density at radius 2 is 1.92 bits per heavy atom. The van der Waals surface area contributed by atoms with Crippen molar-refractivity contribution in [2.75, 3.05) is 17.1 Å². The van der Waals surface area contributed by atoms with Gasteiger partial charge in [0.1, 0.15) is 0 Å². The molecule has 3 rings (SSSR count). The first kappa shape index (κ1) is 27.9. The van der Waals surface area contributed by atoms with E-state index < -0.39 is 27.5 Å². The molecule has 0 bridgehead atoms. The maximum Gasteiger partial charge on any atom is 0.252 e. The van der Waals surface area contributed by atoms with E-state index in [4.69, 9.17) is 10.2 Å². The van der Waals surface area contributed by atoms with Crippen LogP contribution in [0.3, 0.4) is 0 Å². The summed E-state index contributed by atoms with van der Waals surface area (Å²) in [6, 6.07) is 14.1. The van der Waals surface area contributed by atoms with Gasteiger partial charge < -0.3 is 15.5 Å². The molecule has 1 amide bonds. The van der Waals surface area contributed by atoms with E-state index in [0.29, 0.717) is 24.1 Å². The van der Waals surface area contributed by atoms with E-state index in [9.17, 15) is 13.2 Å².